The number of aliphatic hydroxyl groups is 1. The van der Waals surface area contributed by atoms with Gasteiger partial charge in [-0.3, -0.25) is 4.90 Å². The van der Waals surface area contributed by atoms with Crippen molar-refractivity contribution in [2.24, 2.45) is 0 Å². The number of rotatable bonds is 0. The van der Waals surface area contributed by atoms with Crippen LogP contribution in [0.15, 0.2) is 0 Å². The summed E-state index contributed by atoms with van der Waals surface area (Å²) in [6, 6.07) is 0.619. The van der Waals surface area contributed by atoms with Crippen LogP contribution in [-0.2, 0) is 0 Å². The van der Waals surface area contributed by atoms with Gasteiger partial charge < -0.3 is 5.11 Å². The zero-order valence-electron chi connectivity index (χ0n) is 8.67. The first kappa shape index (κ1) is 10.0. The van der Waals surface area contributed by atoms with E-state index < -0.39 is 0 Å². The predicted molar refractivity (Wildman–Crippen MR) is 51.2 cm³/mol. The van der Waals surface area contributed by atoms with E-state index in [9.17, 15) is 5.11 Å². The summed E-state index contributed by atoms with van der Waals surface area (Å²) in [4.78, 5) is 2.39. The van der Waals surface area contributed by atoms with E-state index >= 15 is 0 Å². The lowest BCUT2D eigenvalue weighted by Gasteiger charge is -2.44. The van der Waals surface area contributed by atoms with Crippen LogP contribution in [0.5, 0.6) is 0 Å². The van der Waals surface area contributed by atoms with Crippen LogP contribution < -0.4 is 0 Å². The molecule has 0 aliphatic carbocycles. The van der Waals surface area contributed by atoms with Gasteiger partial charge in [0.05, 0.1) is 6.10 Å². The van der Waals surface area contributed by atoms with Crippen LogP contribution in [0.4, 0.5) is 0 Å². The molecule has 1 aliphatic heterocycles. The lowest BCUT2D eigenvalue weighted by molar-refractivity contribution is -0.0101. The summed E-state index contributed by atoms with van der Waals surface area (Å²) in [5, 5.41) is 9.52. The van der Waals surface area contributed by atoms with Crippen molar-refractivity contribution in [1.82, 2.24) is 4.90 Å². The van der Waals surface area contributed by atoms with Gasteiger partial charge >= 0.3 is 0 Å². The molecule has 0 unspecified atom stereocenters. The molecule has 2 heteroatoms. The fourth-order valence-corrected chi connectivity index (χ4v) is 2.02. The molecule has 72 valence electrons. The molecule has 0 spiro atoms. The van der Waals surface area contributed by atoms with Crippen LogP contribution in [0.1, 0.15) is 40.5 Å². The molecule has 0 bridgehead atoms. The maximum Gasteiger partial charge on any atom is 0.0668 e. The Balaban J connectivity index is 2.61. The molecule has 12 heavy (non-hydrogen) atoms. The summed E-state index contributed by atoms with van der Waals surface area (Å²) in [7, 11) is 0. The average Bonchev–Trinajstić information content (AvgIpc) is 1.92. The molecule has 2 nitrogen and oxygen atoms in total. The molecule has 1 rings (SSSR count). The van der Waals surface area contributed by atoms with E-state index in [1.807, 2.05) is 0 Å². The van der Waals surface area contributed by atoms with Crippen molar-refractivity contribution in [2.45, 2.75) is 58.2 Å². The number of hydrogen-bond acceptors (Lipinski definition) is 2. The Kier molecular flexibility index (Phi) is 2.79. The molecule has 1 fully saturated rings. The summed E-state index contributed by atoms with van der Waals surface area (Å²) in [6.07, 6.45) is 1.98. The summed E-state index contributed by atoms with van der Waals surface area (Å²) < 4.78 is 0. The van der Waals surface area contributed by atoms with E-state index in [0.717, 1.165) is 19.4 Å². The van der Waals surface area contributed by atoms with Crippen molar-refractivity contribution in [1.29, 1.82) is 0 Å². The number of aliphatic hydroxyl groups excluding tert-OH is 1. The monoisotopic (exact) mass is 171 g/mol. The second-order valence-corrected chi connectivity index (χ2v) is 4.90. The lowest BCUT2D eigenvalue weighted by atomic mass is 9.94. The third-order valence-corrected chi connectivity index (χ3v) is 2.72. The predicted octanol–water partition coefficient (Wildman–Crippen LogP) is 1.63. The number of piperidine rings is 1. The van der Waals surface area contributed by atoms with Gasteiger partial charge in [0.1, 0.15) is 0 Å². The molecule has 1 heterocycles. The Bertz CT molecular complexity index is 150. The highest BCUT2D eigenvalue weighted by Crippen LogP contribution is 2.25. The molecule has 0 aromatic rings. The van der Waals surface area contributed by atoms with Gasteiger partial charge in [-0.15, -0.1) is 0 Å². The van der Waals surface area contributed by atoms with Gasteiger partial charge in [-0.05, 0) is 40.5 Å². The van der Waals surface area contributed by atoms with Crippen molar-refractivity contribution >= 4 is 0 Å². The van der Waals surface area contributed by atoms with Crippen LogP contribution in [0, 0.1) is 0 Å². The van der Waals surface area contributed by atoms with Crippen LogP contribution in [0.25, 0.3) is 0 Å². The molecule has 1 N–H and O–H groups in total. The van der Waals surface area contributed by atoms with Crippen LogP contribution in [0.2, 0.25) is 0 Å². The molecule has 0 radical (unpaired) electrons. The fourth-order valence-electron chi connectivity index (χ4n) is 2.02. The smallest absolute Gasteiger partial charge is 0.0668 e. The molecule has 2 atom stereocenters. The molecule has 1 saturated heterocycles. The van der Waals surface area contributed by atoms with Crippen molar-refractivity contribution < 1.29 is 5.11 Å². The zero-order chi connectivity index (χ0) is 9.35. The van der Waals surface area contributed by atoms with Gasteiger partial charge in [0, 0.05) is 18.1 Å². The zero-order valence-corrected chi connectivity index (χ0v) is 8.67. The number of β-amino-alcohol motifs (C(OH)–C–C–N with tert-alkyl or cyclic N) is 1. The fraction of sp³-hybridized carbons (Fsp3) is 1.00. The standard InChI is InChI=1S/C10H21NO/c1-8-5-6-9(12)7-11(8)10(2,3)4/h8-9,12H,5-7H2,1-4H3/t8-,9-/m0/s1. The number of nitrogens with zero attached hydrogens (tertiary/aromatic N) is 1. The Labute approximate surface area is 75.6 Å². The van der Waals surface area contributed by atoms with E-state index in [1.54, 1.807) is 0 Å². The van der Waals surface area contributed by atoms with Crippen molar-refractivity contribution in [3.05, 3.63) is 0 Å². The summed E-state index contributed by atoms with van der Waals surface area (Å²) in [5.74, 6) is 0. The van der Waals surface area contributed by atoms with Crippen molar-refractivity contribution in [3.63, 3.8) is 0 Å². The van der Waals surface area contributed by atoms with E-state index in [2.05, 4.69) is 32.6 Å². The van der Waals surface area contributed by atoms with Gasteiger partial charge in [-0.1, -0.05) is 0 Å². The Morgan fingerprint density at radius 2 is 1.83 bits per heavy atom. The SMILES string of the molecule is C[C@H]1CC[C@H](O)CN1C(C)(C)C. The molecular weight excluding hydrogens is 150 g/mol. The molecule has 0 saturated carbocycles. The second kappa shape index (κ2) is 3.35. The highest BCUT2D eigenvalue weighted by atomic mass is 16.3. The van der Waals surface area contributed by atoms with E-state index in [0.29, 0.717) is 6.04 Å². The first-order valence-electron chi connectivity index (χ1n) is 4.86. The van der Waals surface area contributed by atoms with Gasteiger partial charge in [0.2, 0.25) is 0 Å². The van der Waals surface area contributed by atoms with Crippen LogP contribution in [0.3, 0.4) is 0 Å². The normalized spacial score (nSPS) is 33.8. The molecule has 1 aliphatic rings. The Morgan fingerprint density at radius 3 is 2.25 bits per heavy atom. The van der Waals surface area contributed by atoms with Crippen molar-refractivity contribution in [3.8, 4) is 0 Å². The second-order valence-electron chi connectivity index (χ2n) is 4.90. The molecule has 0 aromatic heterocycles. The minimum Gasteiger partial charge on any atom is -0.392 e. The Hall–Kier alpha value is -0.0800. The molecule has 0 aromatic carbocycles. The van der Waals surface area contributed by atoms with E-state index in [4.69, 9.17) is 0 Å². The topological polar surface area (TPSA) is 23.5 Å². The largest absolute Gasteiger partial charge is 0.392 e. The summed E-state index contributed by atoms with van der Waals surface area (Å²) >= 11 is 0. The minimum atomic E-state index is -0.111. The molecule has 0 amide bonds. The molecular formula is C10H21NO. The quantitative estimate of drug-likeness (QED) is 0.599. The van der Waals surface area contributed by atoms with E-state index in [1.165, 1.54) is 0 Å². The highest BCUT2D eigenvalue weighted by molar-refractivity contribution is 4.86. The summed E-state index contributed by atoms with van der Waals surface area (Å²) in [5.41, 5.74) is 0.195. The third-order valence-electron chi connectivity index (χ3n) is 2.72. The summed E-state index contributed by atoms with van der Waals surface area (Å²) in [6.45, 7) is 9.71. The van der Waals surface area contributed by atoms with Gasteiger partial charge in [-0.2, -0.15) is 0 Å². The van der Waals surface area contributed by atoms with Gasteiger partial charge in [0.25, 0.3) is 0 Å². The van der Waals surface area contributed by atoms with E-state index in [-0.39, 0.29) is 11.6 Å². The number of likely N-dealkylation sites (tertiary alicyclic amines) is 1. The first-order valence-corrected chi connectivity index (χ1v) is 4.86. The number of hydrogen-bond donors (Lipinski definition) is 1. The maximum atomic E-state index is 9.52. The lowest BCUT2D eigenvalue weighted by Crippen LogP contribution is -2.53. The Morgan fingerprint density at radius 1 is 1.25 bits per heavy atom. The maximum absolute atomic E-state index is 9.52. The van der Waals surface area contributed by atoms with Crippen molar-refractivity contribution in [2.75, 3.05) is 6.54 Å². The van der Waals surface area contributed by atoms with Crippen LogP contribution in [-0.4, -0.2) is 34.2 Å². The van der Waals surface area contributed by atoms with Gasteiger partial charge in [-0.25, -0.2) is 0 Å². The van der Waals surface area contributed by atoms with Gasteiger partial charge in [0.15, 0.2) is 0 Å². The third kappa shape index (κ3) is 2.20. The minimum absolute atomic E-state index is 0.111. The first-order chi connectivity index (χ1) is 5.41. The average molecular weight is 171 g/mol. The van der Waals surface area contributed by atoms with Crippen LogP contribution >= 0.6 is 0 Å². The highest BCUT2D eigenvalue weighted by Gasteiger charge is 2.31.